The Morgan fingerprint density at radius 2 is 1.46 bits per heavy atom. The lowest BCUT2D eigenvalue weighted by atomic mass is 10.1. The summed E-state index contributed by atoms with van der Waals surface area (Å²) in [6, 6.07) is 0. The quantitative estimate of drug-likeness (QED) is 0.391. The maximum absolute atomic E-state index is 12.0. The molecule has 0 aromatic heterocycles. The summed E-state index contributed by atoms with van der Waals surface area (Å²) in [6.45, 7) is 10.8. The lowest BCUT2D eigenvalue weighted by molar-refractivity contribution is -0.137. The molecule has 0 bridgehead atoms. The number of amides is 4. The Labute approximate surface area is 157 Å². The van der Waals surface area contributed by atoms with Gasteiger partial charge < -0.3 is 9.80 Å². The largest absolute Gasteiger partial charge is 0.342 e. The molecule has 2 heterocycles. The van der Waals surface area contributed by atoms with Crippen LogP contribution < -0.4 is 0 Å². The minimum absolute atomic E-state index is 0.112. The fourth-order valence-corrected chi connectivity index (χ4v) is 2.61. The molecule has 0 saturated carbocycles. The zero-order valence-corrected chi connectivity index (χ0v) is 16.6. The molecule has 2 aliphatic rings. The van der Waals surface area contributed by atoms with Gasteiger partial charge in [0.2, 0.25) is 12.3 Å². The molecule has 0 aromatic carbocycles. The predicted molar refractivity (Wildman–Crippen MR) is 101 cm³/mol. The zero-order valence-electron chi connectivity index (χ0n) is 16.6. The van der Waals surface area contributed by atoms with Crippen LogP contribution in [-0.2, 0) is 19.2 Å². The SMILES string of the molecule is CC.CC.O=CN1CCN(C(=O)CCCCCN2C(=O)C=CC2=O)CC1. The number of imide groups is 1. The van der Waals surface area contributed by atoms with Gasteiger partial charge in [-0.25, -0.2) is 0 Å². The summed E-state index contributed by atoms with van der Waals surface area (Å²) in [5, 5.41) is 0. The van der Waals surface area contributed by atoms with Crippen molar-refractivity contribution in [1.82, 2.24) is 14.7 Å². The van der Waals surface area contributed by atoms with Gasteiger partial charge in [-0.1, -0.05) is 34.1 Å². The molecule has 0 spiro atoms. The van der Waals surface area contributed by atoms with Crippen LogP contribution in [-0.4, -0.2) is 71.6 Å². The van der Waals surface area contributed by atoms with Crippen molar-refractivity contribution in [2.75, 3.05) is 32.7 Å². The van der Waals surface area contributed by atoms with Crippen molar-refractivity contribution in [3.8, 4) is 0 Å². The van der Waals surface area contributed by atoms with Gasteiger partial charge in [0.25, 0.3) is 11.8 Å². The number of unbranched alkanes of at least 4 members (excludes halogenated alkanes) is 2. The van der Waals surface area contributed by atoms with E-state index in [1.807, 2.05) is 27.7 Å². The van der Waals surface area contributed by atoms with Crippen LogP contribution in [0.1, 0.15) is 53.4 Å². The molecule has 7 heteroatoms. The summed E-state index contributed by atoms with van der Waals surface area (Å²) in [4.78, 5) is 50.0. The third kappa shape index (κ3) is 7.80. The molecule has 2 rings (SSSR count). The van der Waals surface area contributed by atoms with E-state index in [2.05, 4.69) is 0 Å². The number of hydrogen-bond acceptors (Lipinski definition) is 4. The number of carbonyl (C=O) groups is 4. The first-order chi connectivity index (χ1) is 12.6. The van der Waals surface area contributed by atoms with Gasteiger partial charge >= 0.3 is 0 Å². The van der Waals surface area contributed by atoms with Crippen LogP contribution in [0.25, 0.3) is 0 Å². The minimum Gasteiger partial charge on any atom is -0.342 e. The Hall–Kier alpha value is -2.18. The van der Waals surface area contributed by atoms with Gasteiger partial charge in [-0.05, 0) is 12.8 Å². The molecule has 0 aromatic rings. The van der Waals surface area contributed by atoms with Crippen molar-refractivity contribution < 1.29 is 19.2 Å². The second-order valence-electron chi connectivity index (χ2n) is 5.49. The molecule has 4 amide bonds. The van der Waals surface area contributed by atoms with Crippen molar-refractivity contribution >= 4 is 24.1 Å². The average Bonchev–Trinajstić information content (AvgIpc) is 3.02. The molecule has 26 heavy (non-hydrogen) atoms. The van der Waals surface area contributed by atoms with Crippen LogP contribution in [0.4, 0.5) is 0 Å². The second kappa shape index (κ2) is 14.0. The van der Waals surface area contributed by atoms with Crippen LogP contribution in [0.2, 0.25) is 0 Å². The van der Waals surface area contributed by atoms with Gasteiger partial charge in [-0.15, -0.1) is 0 Å². The number of rotatable bonds is 7. The third-order valence-electron chi connectivity index (χ3n) is 3.99. The fraction of sp³-hybridized carbons (Fsp3) is 0.684. The first-order valence-electron chi connectivity index (χ1n) is 9.62. The summed E-state index contributed by atoms with van der Waals surface area (Å²) < 4.78 is 0. The summed E-state index contributed by atoms with van der Waals surface area (Å²) in [5.74, 6) is -0.399. The summed E-state index contributed by atoms with van der Waals surface area (Å²) >= 11 is 0. The van der Waals surface area contributed by atoms with Gasteiger partial charge in [-0.2, -0.15) is 0 Å². The van der Waals surface area contributed by atoms with E-state index in [1.54, 1.807) is 9.80 Å². The van der Waals surface area contributed by atoms with E-state index in [-0.39, 0.29) is 17.7 Å². The van der Waals surface area contributed by atoms with E-state index in [4.69, 9.17) is 0 Å². The van der Waals surface area contributed by atoms with Gasteiger partial charge in [0.15, 0.2) is 0 Å². The molecule has 0 unspecified atom stereocenters. The molecule has 1 saturated heterocycles. The predicted octanol–water partition coefficient (Wildman–Crippen LogP) is 1.82. The van der Waals surface area contributed by atoms with E-state index in [9.17, 15) is 19.2 Å². The highest BCUT2D eigenvalue weighted by molar-refractivity contribution is 6.12. The fourth-order valence-electron chi connectivity index (χ4n) is 2.61. The maximum Gasteiger partial charge on any atom is 0.253 e. The Balaban J connectivity index is 0.00000146. The Bertz CT molecular complexity index is 465. The minimum atomic E-state index is -0.255. The molecule has 0 radical (unpaired) electrons. The topological polar surface area (TPSA) is 78.0 Å². The van der Waals surface area contributed by atoms with Crippen molar-refractivity contribution in [2.24, 2.45) is 0 Å². The maximum atomic E-state index is 12.0. The molecule has 1 fully saturated rings. The van der Waals surface area contributed by atoms with Crippen molar-refractivity contribution in [2.45, 2.75) is 53.4 Å². The van der Waals surface area contributed by atoms with Crippen LogP contribution in [0.5, 0.6) is 0 Å². The molecule has 148 valence electrons. The highest BCUT2D eigenvalue weighted by atomic mass is 16.2. The van der Waals surface area contributed by atoms with Crippen LogP contribution in [0.15, 0.2) is 12.2 Å². The van der Waals surface area contributed by atoms with Gasteiger partial charge in [0.1, 0.15) is 0 Å². The summed E-state index contributed by atoms with van der Waals surface area (Å²) in [5.41, 5.74) is 0. The third-order valence-corrected chi connectivity index (χ3v) is 3.99. The molecule has 0 N–H and O–H groups in total. The second-order valence-corrected chi connectivity index (χ2v) is 5.49. The van der Waals surface area contributed by atoms with Gasteiger partial charge in [-0.3, -0.25) is 24.1 Å². The molecule has 0 aliphatic carbocycles. The van der Waals surface area contributed by atoms with Crippen molar-refractivity contribution in [3.05, 3.63) is 12.2 Å². The van der Waals surface area contributed by atoms with E-state index < -0.39 is 0 Å². The molecule has 2 aliphatic heterocycles. The number of nitrogens with zero attached hydrogens (tertiary/aromatic N) is 3. The first-order valence-corrected chi connectivity index (χ1v) is 9.62. The van der Waals surface area contributed by atoms with Crippen molar-refractivity contribution in [1.29, 1.82) is 0 Å². The normalized spacial score (nSPS) is 15.9. The number of piperazine rings is 1. The highest BCUT2D eigenvalue weighted by Crippen LogP contribution is 2.09. The standard InChI is InChI=1S/C15H21N3O4.2C2H6/c19-12-16-8-10-17(11-9-16)13(20)4-2-1-3-7-18-14(21)5-6-15(18)22;2*1-2/h5-6,12H,1-4,7-11H2;2*1-2H3. The summed E-state index contributed by atoms with van der Waals surface area (Å²) in [6.07, 6.45) is 6.12. The van der Waals surface area contributed by atoms with E-state index in [1.165, 1.54) is 17.1 Å². The van der Waals surface area contributed by atoms with Crippen LogP contribution in [0.3, 0.4) is 0 Å². The molecular formula is C19H33N3O4. The van der Waals surface area contributed by atoms with Gasteiger partial charge in [0.05, 0.1) is 0 Å². The van der Waals surface area contributed by atoms with Crippen LogP contribution >= 0.6 is 0 Å². The van der Waals surface area contributed by atoms with Crippen molar-refractivity contribution in [3.63, 3.8) is 0 Å². The van der Waals surface area contributed by atoms with Crippen LogP contribution in [0, 0.1) is 0 Å². The Morgan fingerprint density at radius 1 is 0.923 bits per heavy atom. The van der Waals surface area contributed by atoms with E-state index in [0.29, 0.717) is 45.6 Å². The lowest BCUT2D eigenvalue weighted by Gasteiger charge is -2.32. The monoisotopic (exact) mass is 367 g/mol. The smallest absolute Gasteiger partial charge is 0.253 e. The lowest BCUT2D eigenvalue weighted by Crippen LogP contribution is -2.48. The Kier molecular flexibility index (Phi) is 12.9. The molecule has 0 atom stereocenters. The van der Waals surface area contributed by atoms with Gasteiger partial charge in [0, 0.05) is 51.3 Å². The average molecular weight is 367 g/mol. The summed E-state index contributed by atoms with van der Waals surface area (Å²) in [7, 11) is 0. The Morgan fingerprint density at radius 3 is 1.96 bits per heavy atom. The zero-order chi connectivity index (χ0) is 19.9. The van der Waals surface area contributed by atoms with E-state index >= 15 is 0 Å². The molecular weight excluding hydrogens is 334 g/mol. The number of hydrogen-bond donors (Lipinski definition) is 0. The first kappa shape index (κ1) is 23.8. The molecule has 7 nitrogen and oxygen atoms in total. The van der Waals surface area contributed by atoms with E-state index in [0.717, 1.165) is 19.3 Å². The number of carbonyl (C=O) groups excluding carboxylic acids is 4. The highest BCUT2D eigenvalue weighted by Gasteiger charge is 2.22.